The lowest BCUT2D eigenvalue weighted by atomic mass is 10.2. The number of azo groups is 1. The van der Waals surface area contributed by atoms with Crippen molar-refractivity contribution >= 4 is 11.7 Å². The van der Waals surface area contributed by atoms with Crippen molar-refractivity contribution in [2.75, 3.05) is 0 Å². The molecule has 5 heteroatoms. The van der Waals surface area contributed by atoms with Crippen LogP contribution in [0.2, 0.25) is 0 Å². The molecule has 0 heterocycles. The van der Waals surface area contributed by atoms with E-state index in [0.29, 0.717) is 5.69 Å². The third-order valence-corrected chi connectivity index (χ3v) is 1.96. The normalized spacial score (nSPS) is 13.3. The highest BCUT2D eigenvalue weighted by Crippen LogP contribution is 2.17. The molecule has 0 aromatic heterocycles. The number of esters is 1. The zero-order chi connectivity index (χ0) is 14.5. The summed E-state index contributed by atoms with van der Waals surface area (Å²) in [4.78, 5) is 11.8. The van der Waals surface area contributed by atoms with Crippen molar-refractivity contribution in [3.63, 3.8) is 0 Å². The molecule has 0 aliphatic rings. The molecular weight excluding hydrogens is 244 g/mol. The van der Waals surface area contributed by atoms with Crippen molar-refractivity contribution in [2.45, 2.75) is 33.3 Å². The first-order valence-electron chi connectivity index (χ1n) is 5.89. The smallest absolute Gasteiger partial charge is 0.362 e. The Hall–Kier alpha value is -2.17. The van der Waals surface area contributed by atoms with Gasteiger partial charge < -0.3 is 9.84 Å². The molecule has 1 aromatic carbocycles. The van der Waals surface area contributed by atoms with Gasteiger partial charge in [0.1, 0.15) is 11.4 Å². The van der Waals surface area contributed by atoms with E-state index in [1.54, 1.807) is 45.0 Å². The van der Waals surface area contributed by atoms with Gasteiger partial charge in [-0.15, -0.1) is 5.11 Å². The zero-order valence-electron chi connectivity index (χ0n) is 11.5. The quantitative estimate of drug-likeness (QED) is 0.388. The Kier molecular flexibility index (Phi) is 4.80. The first-order chi connectivity index (χ1) is 8.79. The van der Waals surface area contributed by atoms with Gasteiger partial charge in [0.05, 0.1) is 5.69 Å². The summed E-state index contributed by atoms with van der Waals surface area (Å²) in [5.74, 6) is -0.930. The van der Waals surface area contributed by atoms with Gasteiger partial charge in [-0.1, -0.05) is 18.2 Å². The largest absolute Gasteiger partial charge is 0.510 e. The van der Waals surface area contributed by atoms with Crippen LogP contribution in [0, 0.1) is 0 Å². The lowest BCUT2D eigenvalue weighted by molar-refractivity contribution is -0.150. The molecule has 1 rings (SSSR count). The fourth-order valence-electron chi connectivity index (χ4n) is 1.19. The third-order valence-electron chi connectivity index (χ3n) is 1.96. The van der Waals surface area contributed by atoms with Crippen LogP contribution in [0.25, 0.3) is 0 Å². The SMILES string of the molecule is C/C(O)=C(/N=Nc1ccccc1)C(=O)OC(C)(C)C. The Balaban J connectivity index is 2.90. The summed E-state index contributed by atoms with van der Waals surface area (Å²) in [6.45, 7) is 6.58. The van der Waals surface area contributed by atoms with Crippen LogP contribution in [0.3, 0.4) is 0 Å². The molecule has 0 atom stereocenters. The molecular formula is C14H18N2O3. The predicted octanol–water partition coefficient (Wildman–Crippen LogP) is 3.90. The van der Waals surface area contributed by atoms with Crippen molar-refractivity contribution in [1.29, 1.82) is 0 Å². The van der Waals surface area contributed by atoms with Gasteiger partial charge in [-0.3, -0.25) is 0 Å². The van der Waals surface area contributed by atoms with Gasteiger partial charge in [0.25, 0.3) is 0 Å². The fraction of sp³-hybridized carbons (Fsp3) is 0.357. The van der Waals surface area contributed by atoms with Crippen molar-refractivity contribution in [2.24, 2.45) is 10.2 Å². The standard InChI is InChI=1S/C14H18N2O3/c1-10(17)12(13(18)19-14(2,3)4)16-15-11-8-6-5-7-9-11/h5-9,17H,1-4H3/b12-10-,16-15?. The maximum absolute atomic E-state index is 11.8. The lowest BCUT2D eigenvalue weighted by Crippen LogP contribution is -2.24. The highest BCUT2D eigenvalue weighted by molar-refractivity contribution is 5.88. The molecule has 0 radical (unpaired) electrons. The lowest BCUT2D eigenvalue weighted by Gasteiger charge is -2.19. The molecule has 19 heavy (non-hydrogen) atoms. The number of hydrogen-bond donors (Lipinski definition) is 1. The fourth-order valence-corrected chi connectivity index (χ4v) is 1.19. The number of aliphatic hydroxyl groups excluding tert-OH is 1. The first-order valence-corrected chi connectivity index (χ1v) is 5.89. The Bertz CT molecular complexity index is 495. The molecule has 0 aliphatic carbocycles. The number of ether oxygens (including phenoxy) is 1. The van der Waals surface area contributed by atoms with Crippen LogP contribution >= 0.6 is 0 Å². The molecule has 0 amide bonds. The van der Waals surface area contributed by atoms with Crippen molar-refractivity contribution < 1.29 is 14.6 Å². The van der Waals surface area contributed by atoms with Crippen LogP contribution in [-0.4, -0.2) is 16.7 Å². The predicted molar refractivity (Wildman–Crippen MR) is 72.1 cm³/mol. The Morgan fingerprint density at radius 1 is 1.21 bits per heavy atom. The topological polar surface area (TPSA) is 71.2 Å². The summed E-state index contributed by atoms with van der Waals surface area (Å²) in [6.07, 6.45) is 0. The van der Waals surface area contributed by atoms with E-state index in [1.165, 1.54) is 6.92 Å². The van der Waals surface area contributed by atoms with Gasteiger partial charge in [-0.2, -0.15) is 5.11 Å². The van der Waals surface area contributed by atoms with Crippen LogP contribution in [0.4, 0.5) is 5.69 Å². The second-order valence-electron chi connectivity index (χ2n) is 4.97. The second kappa shape index (κ2) is 6.13. The number of allylic oxidation sites excluding steroid dienone is 1. The van der Waals surface area contributed by atoms with E-state index in [2.05, 4.69) is 10.2 Å². The molecule has 0 bridgehead atoms. The molecule has 1 aromatic rings. The van der Waals surface area contributed by atoms with E-state index in [0.717, 1.165) is 0 Å². The monoisotopic (exact) mass is 262 g/mol. The van der Waals surface area contributed by atoms with Crippen molar-refractivity contribution in [3.8, 4) is 0 Å². The number of nitrogens with zero attached hydrogens (tertiary/aromatic N) is 2. The average Bonchev–Trinajstić information content (AvgIpc) is 2.27. The summed E-state index contributed by atoms with van der Waals surface area (Å²) < 4.78 is 5.14. The number of hydrogen-bond acceptors (Lipinski definition) is 5. The van der Waals surface area contributed by atoms with E-state index < -0.39 is 11.6 Å². The summed E-state index contributed by atoms with van der Waals surface area (Å²) in [5.41, 5.74) is -0.261. The molecule has 0 unspecified atom stereocenters. The van der Waals surface area contributed by atoms with Crippen LogP contribution in [0.1, 0.15) is 27.7 Å². The van der Waals surface area contributed by atoms with Gasteiger partial charge in [0.2, 0.25) is 5.70 Å². The highest BCUT2D eigenvalue weighted by atomic mass is 16.6. The van der Waals surface area contributed by atoms with Gasteiger partial charge in [0, 0.05) is 0 Å². The Labute approximate surface area is 112 Å². The van der Waals surface area contributed by atoms with Gasteiger partial charge >= 0.3 is 5.97 Å². The molecule has 0 saturated carbocycles. The average molecular weight is 262 g/mol. The van der Waals surface area contributed by atoms with Crippen LogP contribution in [0.15, 0.2) is 52.0 Å². The van der Waals surface area contributed by atoms with Crippen LogP contribution in [0.5, 0.6) is 0 Å². The Morgan fingerprint density at radius 2 is 1.79 bits per heavy atom. The van der Waals surface area contributed by atoms with Gasteiger partial charge in [-0.25, -0.2) is 4.79 Å². The summed E-state index contributed by atoms with van der Waals surface area (Å²) in [5, 5.41) is 17.1. The van der Waals surface area contributed by atoms with E-state index in [4.69, 9.17) is 4.74 Å². The third kappa shape index (κ3) is 5.33. The van der Waals surface area contributed by atoms with Crippen molar-refractivity contribution in [3.05, 3.63) is 41.8 Å². The Morgan fingerprint density at radius 3 is 2.26 bits per heavy atom. The maximum Gasteiger partial charge on any atom is 0.362 e. The maximum atomic E-state index is 11.8. The van der Waals surface area contributed by atoms with E-state index in [-0.39, 0.29) is 11.5 Å². The van der Waals surface area contributed by atoms with E-state index in [9.17, 15) is 9.90 Å². The molecule has 0 spiro atoms. The van der Waals surface area contributed by atoms with E-state index >= 15 is 0 Å². The summed E-state index contributed by atoms with van der Waals surface area (Å²) in [7, 11) is 0. The number of carbonyl (C=O) groups excluding carboxylic acids is 1. The number of aliphatic hydroxyl groups is 1. The van der Waals surface area contributed by atoms with Gasteiger partial charge in [-0.05, 0) is 39.8 Å². The number of carbonyl (C=O) groups is 1. The summed E-state index contributed by atoms with van der Waals surface area (Å²) in [6, 6.07) is 8.93. The van der Waals surface area contributed by atoms with Gasteiger partial charge in [0.15, 0.2) is 0 Å². The minimum atomic E-state index is -0.702. The van der Waals surface area contributed by atoms with Crippen LogP contribution in [-0.2, 0) is 9.53 Å². The second-order valence-corrected chi connectivity index (χ2v) is 4.97. The molecule has 0 fully saturated rings. The zero-order valence-corrected chi connectivity index (χ0v) is 11.5. The van der Waals surface area contributed by atoms with Crippen molar-refractivity contribution in [1.82, 2.24) is 0 Å². The van der Waals surface area contributed by atoms with E-state index in [1.807, 2.05) is 6.07 Å². The number of benzene rings is 1. The molecule has 1 N–H and O–H groups in total. The first kappa shape index (κ1) is 14.9. The molecule has 102 valence electrons. The summed E-state index contributed by atoms with van der Waals surface area (Å²) >= 11 is 0. The molecule has 0 aliphatic heterocycles. The minimum Gasteiger partial charge on any atom is -0.510 e. The molecule has 5 nitrogen and oxygen atoms in total. The molecule has 0 saturated heterocycles. The highest BCUT2D eigenvalue weighted by Gasteiger charge is 2.22. The van der Waals surface area contributed by atoms with Crippen LogP contribution < -0.4 is 0 Å². The number of rotatable bonds is 3. The minimum absolute atomic E-state index is 0.196.